The molecule has 2 heterocycles. The summed E-state index contributed by atoms with van der Waals surface area (Å²) in [5.74, 6) is -0.553. The summed E-state index contributed by atoms with van der Waals surface area (Å²) in [5.41, 5.74) is 1.68. The third kappa shape index (κ3) is 3.60. The number of para-hydroxylation sites is 2. The van der Waals surface area contributed by atoms with Crippen molar-refractivity contribution < 1.29 is 14.1 Å². The largest absolute Gasteiger partial charge is 0.465 e. The van der Waals surface area contributed by atoms with Gasteiger partial charge < -0.3 is 14.6 Å². The predicted octanol–water partition coefficient (Wildman–Crippen LogP) is 5.78. The van der Waals surface area contributed by atoms with Crippen LogP contribution in [-0.2, 0) is 4.74 Å². The molecule has 0 aliphatic carbocycles. The van der Waals surface area contributed by atoms with Crippen LogP contribution in [0.4, 0.5) is 11.7 Å². The van der Waals surface area contributed by atoms with Gasteiger partial charge >= 0.3 is 5.97 Å². The summed E-state index contributed by atoms with van der Waals surface area (Å²) in [6.45, 7) is 0. The Labute approximate surface area is 179 Å². The van der Waals surface area contributed by atoms with Crippen LogP contribution in [0, 0.1) is 0 Å². The zero-order valence-electron chi connectivity index (χ0n) is 14.7. The highest BCUT2D eigenvalue weighted by atomic mass is 35.5. The summed E-state index contributed by atoms with van der Waals surface area (Å²) in [6, 6.07) is 12.1. The highest BCUT2D eigenvalue weighted by molar-refractivity contribution is 6.39. The van der Waals surface area contributed by atoms with E-state index in [0.29, 0.717) is 26.6 Å². The Morgan fingerprint density at radius 3 is 2.31 bits per heavy atom. The Bertz CT molecular complexity index is 1220. The van der Waals surface area contributed by atoms with E-state index in [1.807, 2.05) is 12.1 Å². The smallest absolute Gasteiger partial charge is 0.345 e. The predicted molar refractivity (Wildman–Crippen MR) is 111 cm³/mol. The molecule has 0 atom stereocenters. The van der Waals surface area contributed by atoms with Crippen molar-refractivity contribution in [3.63, 3.8) is 0 Å². The van der Waals surface area contributed by atoms with E-state index in [1.54, 1.807) is 30.3 Å². The fourth-order valence-corrected chi connectivity index (χ4v) is 3.48. The number of carbonyl (C=O) groups excluding carboxylic acids is 1. The normalized spacial score (nSPS) is 10.9. The maximum absolute atomic E-state index is 12.5. The summed E-state index contributed by atoms with van der Waals surface area (Å²) in [7, 11) is 1.24. The second kappa shape index (κ2) is 7.87. The van der Waals surface area contributed by atoms with Crippen LogP contribution < -0.4 is 5.32 Å². The first kappa shape index (κ1) is 19.4. The second-order valence-corrected chi connectivity index (χ2v) is 6.97. The van der Waals surface area contributed by atoms with Crippen molar-refractivity contribution in [1.29, 1.82) is 0 Å². The maximum atomic E-state index is 12.5. The van der Waals surface area contributed by atoms with E-state index < -0.39 is 5.97 Å². The number of esters is 1. The molecule has 4 rings (SSSR count). The molecule has 146 valence electrons. The molecule has 2 aromatic heterocycles. The lowest BCUT2D eigenvalue weighted by atomic mass is 10.1. The van der Waals surface area contributed by atoms with Crippen molar-refractivity contribution in [2.75, 3.05) is 12.4 Å². The molecule has 0 amide bonds. The number of hydrogen-bond acceptors (Lipinski definition) is 7. The number of benzene rings is 2. The van der Waals surface area contributed by atoms with Gasteiger partial charge in [0.15, 0.2) is 16.5 Å². The minimum Gasteiger partial charge on any atom is -0.465 e. The fraction of sp³-hybridized carbons (Fsp3) is 0.0526. The van der Waals surface area contributed by atoms with Gasteiger partial charge in [-0.05, 0) is 24.3 Å². The molecule has 0 aliphatic heterocycles. The summed E-state index contributed by atoms with van der Waals surface area (Å²) >= 11 is 18.8. The molecular weight excluding hydrogens is 439 g/mol. The lowest BCUT2D eigenvalue weighted by Crippen LogP contribution is -2.06. The topological polar surface area (TPSA) is 90.1 Å². The molecule has 2 aromatic carbocycles. The number of halogens is 3. The van der Waals surface area contributed by atoms with Crippen molar-refractivity contribution in [2.45, 2.75) is 0 Å². The lowest BCUT2D eigenvalue weighted by Gasteiger charge is -2.08. The molecule has 1 N–H and O–H groups in total. The van der Waals surface area contributed by atoms with Gasteiger partial charge in [0.2, 0.25) is 5.88 Å². The maximum Gasteiger partial charge on any atom is 0.345 e. The van der Waals surface area contributed by atoms with E-state index in [-0.39, 0.29) is 28.1 Å². The molecular formula is C19H11Cl3N4O3. The minimum atomic E-state index is -0.704. The van der Waals surface area contributed by atoms with E-state index in [4.69, 9.17) is 44.1 Å². The molecule has 10 heteroatoms. The summed E-state index contributed by atoms with van der Waals surface area (Å²) in [6.07, 6.45) is 0. The monoisotopic (exact) mass is 448 g/mol. The van der Waals surface area contributed by atoms with E-state index in [1.165, 1.54) is 7.11 Å². The Morgan fingerprint density at radius 1 is 1.00 bits per heavy atom. The van der Waals surface area contributed by atoms with Crippen LogP contribution in [0.25, 0.3) is 22.3 Å². The van der Waals surface area contributed by atoms with E-state index in [2.05, 4.69) is 20.4 Å². The number of anilines is 2. The van der Waals surface area contributed by atoms with Crippen LogP contribution in [0.15, 0.2) is 47.0 Å². The zero-order valence-corrected chi connectivity index (χ0v) is 17.0. The van der Waals surface area contributed by atoms with Gasteiger partial charge in [-0.2, -0.15) is 0 Å². The van der Waals surface area contributed by atoms with Gasteiger partial charge in [0.1, 0.15) is 5.69 Å². The molecule has 0 radical (unpaired) electrons. The van der Waals surface area contributed by atoms with Crippen LogP contribution in [0.5, 0.6) is 0 Å². The van der Waals surface area contributed by atoms with Gasteiger partial charge in [0, 0.05) is 5.56 Å². The standard InChI is InChI=1S/C19H11Cl3N4O3/c1-28-19(27)14-15(13-9(20)5-4-6-10(13)21)26-29-18(14)25-17-16(22)23-11-7-2-3-8-12(11)24-17/h2-8H,1H3,(H,24,25). The molecule has 0 fully saturated rings. The third-order valence-electron chi connectivity index (χ3n) is 4.04. The Morgan fingerprint density at radius 2 is 1.66 bits per heavy atom. The Kier molecular flexibility index (Phi) is 5.27. The molecule has 0 unspecified atom stereocenters. The van der Waals surface area contributed by atoms with Crippen molar-refractivity contribution in [1.82, 2.24) is 15.1 Å². The van der Waals surface area contributed by atoms with Gasteiger partial charge in [-0.1, -0.05) is 58.2 Å². The SMILES string of the molecule is COC(=O)c1c(-c2c(Cl)cccc2Cl)noc1Nc1nc2ccccc2nc1Cl. The first-order valence-electron chi connectivity index (χ1n) is 8.21. The lowest BCUT2D eigenvalue weighted by molar-refractivity contribution is 0.0602. The first-order chi connectivity index (χ1) is 14.0. The molecule has 4 aromatic rings. The summed E-state index contributed by atoms with van der Waals surface area (Å²) in [5, 5.41) is 7.51. The highest BCUT2D eigenvalue weighted by Crippen LogP contribution is 2.39. The Balaban J connectivity index is 1.84. The molecule has 0 saturated carbocycles. The molecule has 0 bridgehead atoms. The van der Waals surface area contributed by atoms with E-state index in [9.17, 15) is 4.79 Å². The molecule has 0 spiro atoms. The minimum absolute atomic E-state index is 0.00600. The summed E-state index contributed by atoms with van der Waals surface area (Å²) < 4.78 is 10.2. The van der Waals surface area contributed by atoms with Crippen LogP contribution in [0.1, 0.15) is 10.4 Å². The molecule has 29 heavy (non-hydrogen) atoms. The van der Waals surface area contributed by atoms with Crippen LogP contribution >= 0.6 is 34.8 Å². The number of carbonyl (C=O) groups is 1. The third-order valence-corrected chi connectivity index (χ3v) is 4.93. The van der Waals surface area contributed by atoms with Gasteiger partial charge in [-0.25, -0.2) is 14.8 Å². The van der Waals surface area contributed by atoms with Crippen LogP contribution in [-0.4, -0.2) is 28.2 Å². The zero-order chi connectivity index (χ0) is 20.5. The van der Waals surface area contributed by atoms with E-state index >= 15 is 0 Å². The van der Waals surface area contributed by atoms with Gasteiger partial charge in [-0.15, -0.1) is 0 Å². The van der Waals surface area contributed by atoms with Crippen molar-refractivity contribution in [2.24, 2.45) is 0 Å². The van der Waals surface area contributed by atoms with Crippen LogP contribution in [0.3, 0.4) is 0 Å². The number of ether oxygens (including phenoxy) is 1. The summed E-state index contributed by atoms with van der Waals surface area (Å²) in [4.78, 5) is 21.2. The van der Waals surface area contributed by atoms with Crippen LogP contribution in [0.2, 0.25) is 15.2 Å². The molecule has 0 saturated heterocycles. The van der Waals surface area contributed by atoms with Gasteiger partial charge in [0.05, 0.1) is 28.2 Å². The van der Waals surface area contributed by atoms with Crippen molar-refractivity contribution >= 4 is 63.5 Å². The number of rotatable bonds is 4. The fourth-order valence-electron chi connectivity index (χ4n) is 2.73. The average Bonchev–Trinajstić information content (AvgIpc) is 3.11. The molecule has 7 nitrogen and oxygen atoms in total. The average molecular weight is 450 g/mol. The van der Waals surface area contributed by atoms with Gasteiger partial charge in [0.25, 0.3) is 0 Å². The van der Waals surface area contributed by atoms with Gasteiger partial charge in [-0.3, -0.25) is 0 Å². The number of nitrogens with zero attached hydrogens (tertiary/aromatic N) is 3. The number of aromatic nitrogens is 3. The second-order valence-electron chi connectivity index (χ2n) is 5.80. The molecule has 0 aliphatic rings. The number of methoxy groups -OCH3 is 1. The quantitative estimate of drug-likeness (QED) is 0.395. The number of nitrogens with one attached hydrogen (secondary N) is 1. The van der Waals surface area contributed by atoms with Crippen molar-refractivity contribution in [3.8, 4) is 11.3 Å². The number of hydrogen-bond donors (Lipinski definition) is 1. The Hall–Kier alpha value is -2.87. The van der Waals surface area contributed by atoms with E-state index in [0.717, 1.165) is 0 Å². The highest BCUT2D eigenvalue weighted by Gasteiger charge is 2.28. The first-order valence-corrected chi connectivity index (χ1v) is 9.34. The van der Waals surface area contributed by atoms with Crippen molar-refractivity contribution in [3.05, 3.63) is 63.2 Å². The number of fused-ring (bicyclic) bond motifs is 1.